The Bertz CT molecular complexity index is 766. The van der Waals surface area contributed by atoms with E-state index in [0.29, 0.717) is 43.4 Å². The van der Waals surface area contributed by atoms with Crippen LogP contribution in [0.4, 0.5) is 5.69 Å². The van der Waals surface area contributed by atoms with Crippen molar-refractivity contribution in [2.24, 2.45) is 0 Å². The molecule has 0 aliphatic carbocycles. The molecule has 1 unspecified atom stereocenters. The van der Waals surface area contributed by atoms with Gasteiger partial charge in [0.05, 0.1) is 17.5 Å². The summed E-state index contributed by atoms with van der Waals surface area (Å²) in [5.41, 5.74) is 0.694. The molecule has 3 rings (SSSR count). The zero-order valence-electron chi connectivity index (χ0n) is 16.0. The summed E-state index contributed by atoms with van der Waals surface area (Å²) in [4.78, 5) is 41.6. The van der Waals surface area contributed by atoms with Crippen molar-refractivity contribution in [2.45, 2.75) is 36.5 Å². The largest absolute Gasteiger partial charge is 0.353 e. The number of nitrogens with zero attached hydrogens (tertiary/aromatic N) is 2. The minimum Gasteiger partial charge on any atom is -0.353 e. The van der Waals surface area contributed by atoms with E-state index in [1.54, 1.807) is 17.0 Å². The van der Waals surface area contributed by atoms with Gasteiger partial charge in [0.15, 0.2) is 0 Å². The van der Waals surface area contributed by atoms with E-state index >= 15 is 0 Å². The Kier molecular flexibility index (Phi) is 6.85. The molecule has 3 amide bonds. The summed E-state index contributed by atoms with van der Waals surface area (Å²) in [7, 11) is 0. The molecule has 0 bridgehead atoms. The van der Waals surface area contributed by atoms with Gasteiger partial charge in [-0.3, -0.25) is 19.3 Å². The molecule has 7 nitrogen and oxygen atoms in total. The Morgan fingerprint density at radius 3 is 2.68 bits per heavy atom. The van der Waals surface area contributed by atoms with Crippen molar-refractivity contribution in [3.8, 4) is 0 Å². The van der Waals surface area contributed by atoms with E-state index in [1.165, 1.54) is 11.8 Å². The van der Waals surface area contributed by atoms with Crippen LogP contribution in [0.2, 0.25) is 5.02 Å². The highest BCUT2D eigenvalue weighted by atomic mass is 35.5. The van der Waals surface area contributed by atoms with Crippen molar-refractivity contribution in [3.63, 3.8) is 0 Å². The summed E-state index contributed by atoms with van der Waals surface area (Å²) in [6.07, 6.45) is 0.159. The topological polar surface area (TPSA) is 81.8 Å². The molecule has 9 heteroatoms. The first-order chi connectivity index (χ1) is 13.3. The SMILES string of the molecule is CC(C)NC(=O)CN1CCN(C(=O)CC2Sc3ccc(Cl)cc3NC2=O)CC1. The lowest BCUT2D eigenvalue weighted by Gasteiger charge is -2.35. The molecule has 2 aliphatic rings. The van der Waals surface area contributed by atoms with E-state index in [2.05, 4.69) is 10.6 Å². The van der Waals surface area contributed by atoms with E-state index in [1.807, 2.05) is 24.8 Å². The average molecular weight is 425 g/mol. The molecule has 0 radical (unpaired) electrons. The number of hydrogen-bond donors (Lipinski definition) is 2. The number of rotatable bonds is 5. The minimum atomic E-state index is -0.448. The van der Waals surface area contributed by atoms with Crippen LogP contribution in [0.1, 0.15) is 20.3 Å². The van der Waals surface area contributed by atoms with E-state index in [4.69, 9.17) is 11.6 Å². The highest BCUT2D eigenvalue weighted by Crippen LogP contribution is 2.38. The van der Waals surface area contributed by atoms with Crippen LogP contribution >= 0.6 is 23.4 Å². The highest BCUT2D eigenvalue weighted by Gasteiger charge is 2.31. The van der Waals surface area contributed by atoms with Crippen molar-refractivity contribution in [2.75, 3.05) is 38.0 Å². The Morgan fingerprint density at radius 1 is 1.29 bits per heavy atom. The number of hydrogen-bond acceptors (Lipinski definition) is 5. The van der Waals surface area contributed by atoms with Crippen LogP contribution in [0.5, 0.6) is 0 Å². The van der Waals surface area contributed by atoms with Gasteiger partial charge in [-0.15, -0.1) is 11.8 Å². The lowest BCUT2D eigenvalue weighted by atomic mass is 10.2. The first-order valence-corrected chi connectivity index (χ1v) is 10.6. The van der Waals surface area contributed by atoms with Gasteiger partial charge in [-0.1, -0.05) is 11.6 Å². The van der Waals surface area contributed by atoms with Crippen LogP contribution in [0, 0.1) is 0 Å². The van der Waals surface area contributed by atoms with Gasteiger partial charge in [-0.05, 0) is 32.0 Å². The molecule has 0 aromatic heterocycles. The molecule has 152 valence electrons. The van der Waals surface area contributed by atoms with E-state index < -0.39 is 5.25 Å². The first-order valence-electron chi connectivity index (χ1n) is 9.38. The van der Waals surface area contributed by atoms with E-state index in [9.17, 15) is 14.4 Å². The lowest BCUT2D eigenvalue weighted by Crippen LogP contribution is -2.52. The highest BCUT2D eigenvalue weighted by molar-refractivity contribution is 8.01. The standard InChI is InChI=1S/C19H25ClN4O3S/c1-12(2)21-17(25)11-23-5-7-24(8-6-23)18(26)10-16-19(27)22-14-9-13(20)3-4-15(14)28-16/h3-4,9,12,16H,5-8,10-11H2,1-2H3,(H,21,25)(H,22,27). The van der Waals surface area contributed by atoms with Crippen molar-refractivity contribution < 1.29 is 14.4 Å². The molecule has 1 atom stereocenters. The second kappa shape index (κ2) is 9.15. The molecule has 1 aromatic rings. The molecule has 1 fully saturated rings. The molecule has 0 saturated carbocycles. The molecule has 2 heterocycles. The van der Waals surface area contributed by atoms with Crippen LogP contribution in [0.3, 0.4) is 0 Å². The van der Waals surface area contributed by atoms with Gasteiger partial charge in [0.25, 0.3) is 0 Å². The Labute approximate surface area is 174 Å². The van der Waals surface area contributed by atoms with Crippen LogP contribution in [-0.4, -0.2) is 71.5 Å². The second-order valence-corrected chi connectivity index (χ2v) is 9.00. The quantitative estimate of drug-likeness (QED) is 0.753. The van der Waals surface area contributed by atoms with E-state index in [-0.39, 0.29) is 30.2 Å². The Hall–Kier alpha value is -1.77. The molecule has 1 saturated heterocycles. The smallest absolute Gasteiger partial charge is 0.238 e. The van der Waals surface area contributed by atoms with Crippen molar-refractivity contribution in [1.29, 1.82) is 0 Å². The predicted molar refractivity (Wildman–Crippen MR) is 111 cm³/mol. The number of anilines is 1. The summed E-state index contributed by atoms with van der Waals surface area (Å²) < 4.78 is 0. The van der Waals surface area contributed by atoms with Crippen LogP contribution in [0.15, 0.2) is 23.1 Å². The number of amides is 3. The average Bonchev–Trinajstić information content (AvgIpc) is 2.62. The number of halogens is 1. The van der Waals surface area contributed by atoms with Crippen molar-refractivity contribution in [1.82, 2.24) is 15.1 Å². The number of nitrogens with one attached hydrogen (secondary N) is 2. The summed E-state index contributed by atoms with van der Waals surface area (Å²) >= 11 is 7.36. The van der Waals surface area contributed by atoms with Gasteiger partial charge in [0.1, 0.15) is 0 Å². The van der Waals surface area contributed by atoms with Gasteiger partial charge in [-0.25, -0.2) is 0 Å². The summed E-state index contributed by atoms with van der Waals surface area (Å²) in [5, 5.41) is 5.83. The van der Waals surface area contributed by atoms with Gasteiger partial charge in [-0.2, -0.15) is 0 Å². The van der Waals surface area contributed by atoms with Crippen LogP contribution in [0.25, 0.3) is 0 Å². The number of fused-ring (bicyclic) bond motifs is 1. The Balaban J connectivity index is 1.49. The molecule has 1 aromatic carbocycles. The first kappa shape index (κ1) is 21.0. The maximum Gasteiger partial charge on any atom is 0.238 e. The van der Waals surface area contributed by atoms with Crippen LogP contribution < -0.4 is 10.6 Å². The number of thioether (sulfide) groups is 1. The predicted octanol–water partition coefficient (Wildman–Crippen LogP) is 1.81. The third kappa shape index (κ3) is 5.40. The number of carbonyl (C=O) groups is 3. The minimum absolute atomic E-state index is 0.00354. The fraction of sp³-hybridized carbons (Fsp3) is 0.526. The zero-order valence-corrected chi connectivity index (χ0v) is 17.6. The third-order valence-corrected chi connectivity index (χ3v) is 6.17. The molecule has 2 N–H and O–H groups in total. The van der Waals surface area contributed by atoms with Gasteiger partial charge < -0.3 is 15.5 Å². The monoisotopic (exact) mass is 424 g/mol. The maximum absolute atomic E-state index is 12.7. The number of carbonyl (C=O) groups excluding carboxylic acids is 3. The molecule has 0 spiro atoms. The van der Waals surface area contributed by atoms with Crippen LogP contribution in [-0.2, 0) is 14.4 Å². The number of piperazine rings is 1. The zero-order chi connectivity index (χ0) is 20.3. The normalized spacial score (nSPS) is 19.9. The second-order valence-electron chi connectivity index (χ2n) is 7.32. The van der Waals surface area contributed by atoms with Gasteiger partial charge in [0, 0.05) is 48.6 Å². The summed E-state index contributed by atoms with van der Waals surface area (Å²) in [6, 6.07) is 5.48. The van der Waals surface area contributed by atoms with E-state index in [0.717, 1.165) is 4.90 Å². The van der Waals surface area contributed by atoms with Crippen molar-refractivity contribution in [3.05, 3.63) is 23.2 Å². The molecular formula is C19H25ClN4O3S. The molecule has 28 heavy (non-hydrogen) atoms. The molecule has 2 aliphatic heterocycles. The summed E-state index contributed by atoms with van der Waals surface area (Å²) in [5.74, 6) is -0.197. The van der Waals surface area contributed by atoms with Gasteiger partial charge >= 0.3 is 0 Å². The molecular weight excluding hydrogens is 400 g/mol. The van der Waals surface area contributed by atoms with Gasteiger partial charge in [0.2, 0.25) is 17.7 Å². The maximum atomic E-state index is 12.7. The Morgan fingerprint density at radius 2 is 2.00 bits per heavy atom. The fourth-order valence-electron chi connectivity index (χ4n) is 3.27. The summed E-state index contributed by atoms with van der Waals surface area (Å²) in [6.45, 7) is 6.66. The third-order valence-electron chi connectivity index (χ3n) is 4.66. The lowest BCUT2D eigenvalue weighted by molar-refractivity contribution is -0.134. The fourth-order valence-corrected chi connectivity index (χ4v) is 4.52. The number of benzene rings is 1. The van der Waals surface area contributed by atoms with Crippen molar-refractivity contribution >= 4 is 46.8 Å².